The summed E-state index contributed by atoms with van der Waals surface area (Å²) < 4.78 is 5.96. The second-order valence-electron chi connectivity index (χ2n) is 16.1. The average Bonchev–Trinajstić information content (AvgIpc) is 3.23. The number of esters is 1. The van der Waals surface area contributed by atoms with Crippen LogP contribution in [0.5, 0.6) is 0 Å². The zero-order valence-corrected chi connectivity index (χ0v) is 29.7. The fourth-order valence-corrected chi connectivity index (χ4v) is 11.2. The first-order valence-electron chi connectivity index (χ1n) is 17.9. The lowest BCUT2D eigenvalue weighted by atomic mass is 9.36. The monoisotopic (exact) mass is 644 g/mol. The molecule has 0 aromatic carbocycles. The summed E-state index contributed by atoms with van der Waals surface area (Å²) >= 11 is 0. The van der Waals surface area contributed by atoms with E-state index in [0.717, 1.165) is 63.0 Å². The van der Waals surface area contributed by atoms with Gasteiger partial charge in [-0.25, -0.2) is 4.79 Å². The van der Waals surface area contributed by atoms with Crippen LogP contribution in [-0.2, 0) is 14.3 Å². The molecule has 4 aliphatic carbocycles. The van der Waals surface area contributed by atoms with Crippen LogP contribution in [0.3, 0.4) is 0 Å². The van der Waals surface area contributed by atoms with Gasteiger partial charge < -0.3 is 31.7 Å². The van der Waals surface area contributed by atoms with Gasteiger partial charge in [0.2, 0.25) is 0 Å². The van der Waals surface area contributed by atoms with E-state index in [1.807, 2.05) is 13.8 Å². The van der Waals surface area contributed by atoms with Crippen molar-refractivity contribution in [3.63, 3.8) is 0 Å². The number of nitrogens with one attached hydrogen (secondary N) is 1. The van der Waals surface area contributed by atoms with Gasteiger partial charge in [0.1, 0.15) is 6.10 Å². The number of nitrogens with zero attached hydrogens (tertiary/aromatic N) is 1. The first-order valence-corrected chi connectivity index (χ1v) is 17.9. The zero-order chi connectivity index (χ0) is 34.0. The van der Waals surface area contributed by atoms with Gasteiger partial charge in [0, 0.05) is 57.8 Å². The third-order valence-corrected chi connectivity index (χ3v) is 13.3. The molecule has 7 N–H and O–H groups in total. The fourth-order valence-electron chi connectivity index (χ4n) is 11.2. The lowest BCUT2D eigenvalue weighted by Gasteiger charge is -2.69. The van der Waals surface area contributed by atoms with E-state index in [4.69, 9.17) is 16.2 Å². The first-order chi connectivity index (χ1) is 21.6. The molecule has 0 bridgehead atoms. The Morgan fingerprint density at radius 3 is 2.30 bits per heavy atom. The molecule has 3 unspecified atom stereocenters. The molecule has 4 saturated carbocycles. The molecule has 9 heteroatoms. The van der Waals surface area contributed by atoms with Crippen LogP contribution in [0, 0.1) is 39.9 Å². The van der Waals surface area contributed by atoms with Gasteiger partial charge in [-0.2, -0.15) is 0 Å². The maximum atomic E-state index is 12.8. The minimum absolute atomic E-state index is 0.0361. The Morgan fingerprint density at radius 2 is 1.72 bits per heavy atom. The van der Waals surface area contributed by atoms with Gasteiger partial charge in [-0.15, -0.1) is 0 Å². The Balaban J connectivity index is 1.62. The molecule has 46 heavy (non-hydrogen) atoms. The van der Waals surface area contributed by atoms with Gasteiger partial charge in [-0.05, 0) is 111 Å². The van der Waals surface area contributed by atoms with Crippen molar-refractivity contribution in [2.75, 3.05) is 39.3 Å². The van der Waals surface area contributed by atoms with Gasteiger partial charge in [0.15, 0.2) is 0 Å². The Kier molecular flexibility index (Phi) is 11.9. The Morgan fingerprint density at radius 1 is 1.04 bits per heavy atom. The molecule has 262 valence electrons. The van der Waals surface area contributed by atoms with Crippen molar-refractivity contribution in [1.29, 1.82) is 0 Å². The SMILES string of the molecule is CC(=O)O[C@H]1C[C@@]2(C)C(C[C@@H](O)[C@H]3[C@@]4(C)CCC(NCCN(CCN)CCN)[C@@H](C)C4CC[C@@]32C)C1=C(CCC=C(C)C)C(=O)O. The molecule has 0 heterocycles. The maximum absolute atomic E-state index is 12.8. The standard InChI is InChI=1S/C37H64N4O5/c1-23(2)9-8-10-26(34(44)45)32-28-21-30(43)33-35(5)13-12-29(40-17-20-41(18-15-38)19-16-39)24(3)27(35)11-14-36(33,6)37(28,7)22-31(32)46-25(4)42/h9,24,27-31,33,40,43H,8,10-22,38-39H2,1-7H3,(H,44,45)/t24-,27?,28?,29?,30+,31-,33-,35-,36-,37-/m0/s1. The molecule has 0 aromatic rings. The van der Waals surface area contributed by atoms with Crippen LogP contribution >= 0.6 is 0 Å². The Hall–Kier alpha value is -1.78. The minimum Gasteiger partial charge on any atom is -0.478 e. The highest BCUT2D eigenvalue weighted by atomic mass is 16.5. The van der Waals surface area contributed by atoms with E-state index in [9.17, 15) is 19.8 Å². The quantitative estimate of drug-likeness (QED) is 0.111. The van der Waals surface area contributed by atoms with E-state index in [2.05, 4.69) is 44.0 Å². The molecule has 0 aliphatic heterocycles. The van der Waals surface area contributed by atoms with E-state index in [-0.39, 0.29) is 34.1 Å². The summed E-state index contributed by atoms with van der Waals surface area (Å²) in [4.78, 5) is 27.5. The summed E-state index contributed by atoms with van der Waals surface area (Å²) in [6, 6.07) is 0.428. The number of nitrogens with two attached hydrogens (primary N) is 2. The van der Waals surface area contributed by atoms with Gasteiger partial charge in [0.25, 0.3) is 0 Å². The van der Waals surface area contributed by atoms with Gasteiger partial charge >= 0.3 is 11.9 Å². The second kappa shape index (κ2) is 14.8. The van der Waals surface area contributed by atoms with Gasteiger partial charge in [-0.1, -0.05) is 39.3 Å². The van der Waals surface area contributed by atoms with Crippen LogP contribution < -0.4 is 16.8 Å². The van der Waals surface area contributed by atoms with Gasteiger partial charge in [-0.3, -0.25) is 9.69 Å². The molecular formula is C37H64N4O5. The third kappa shape index (κ3) is 6.87. The average molecular weight is 645 g/mol. The van der Waals surface area contributed by atoms with Crippen molar-refractivity contribution in [1.82, 2.24) is 10.2 Å². The number of aliphatic carboxylic acids is 1. The number of hydrogen-bond donors (Lipinski definition) is 5. The molecule has 0 spiro atoms. The zero-order valence-electron chi connectivity index (χ0n) is 29.7. The number of carboxylic acids is 1. The number of carbonyl (C=O) groups excluding carboxylic acids is 1. The molecule has 4 aliphatic rings. The molecule has 0 aromatic heterocycles. The number of fused-ring (bicyclic) bond motifs is 5. The van der Waals surface area contributed by atoms with Crippen molar-refractivity contribution in [2.24, 2.45) is 51.4 Å². The number of carboxylic acid groups (broad SMARTS) is 1. The predicted octanol–water partition coefficient (Wildman–Crippen LogP) is 4.48. The van der Waals surface area contributed by atoms with E-state index < -0.39 is 18.2 Å². The molecule has 0 amide bonds. The Labute approximate surface area is 277 Å². The number of allylic oxidation sites excluding steroid dienone is 2. The lowest BCUT2D eigenvalue weighted by molar-refractivity contribution is -0.227. The highest BCUT2D eigenvalue weighted by Gasteiger charge is 2.70. The van der Waals surface area contributed by atoms with Crippen molar-refractivity contribution >= 4 is 11.9 Å². The van der Waals surface area contributed by atoms with Crippen LogP contribution in [0.2, 0.25) is 0 Å². The van der Waals surface area contributed by atoms with Crippen molar-refractivity contribution < 1.29 is 24.5 Å². The van der Waals surface area contributed by atoms with Gasteiger partial charge in [0.05, 0.1) is 6.10 Å². The van der Waals surface area contributed by atoms with Crippen LogP contribution in [-0.4, -0.2) is 84.6 Å². The van der Waals surface area contributed by atoms with Crippen LogP contribution in [0.1, 0.15) is 99.8 Å². The summed E-state index contributed by atoms with van der Waals surface area (Å²) in [6.45, 7) is 19.8. The van der Waals surface area contributed by atoms with E-state index in [1.165, 1.54) is 6.92 Å². The number of ether oxygens (including phenoxy) is 1. The second-order valence-corrected chi connectivity index (χ2v) is 16.1. The Bertz CT molecular complexity index is 1160. The highest BCUT2D eigenvalue weighted by Crippen LogP contribution is 2.74. The first kappa shape index (κ1) is 37.0. The molecule has 9 nitrogen and oxygen atoms in total. The topological polar surface area (TPSA) is 151 Å². The molecule has 0 radical (unpaired) electrons. The summed E-state index contributed by atoms with van der Waals surface area (Å²) in [7, 11) is 0. The smallest absolute Gasteiger partial charge is 0.331 e. The number of carbonyl (C=O) groups is 2. The van der Waals surface area contributed by atoms with Crippen LogP contribution in [0.25, 0.3) is 0 Å². The third-order valence-electron chi connectivity index (χ3n) is 13.3. The van der Waals surface area contributed by atoms with Crippen molar-refractivity contribution in [3.8, 4) is 0 Å². The summed E-state index contributed by atoms with van der Waals surface area (Å²) in [5.74, 6) is -0.429. The number of aliphatic hydroxyl groups is 1. The largest absolute Gasteiger partial charge is 0.478 e. The number of hydrogen-bond acceptors (Lipinski definition) is 8. The summed E-state index contributed by atoms with van der Waals surface area (Å²) in [6.07, 6.45) is 7.24. The fraction of sp³-hybridized carbons (Fsp3) is 0.838. The summed E-state index contributed by atoms with van der Waals surface area (Å²) in [5.41, 5.74) is 13.3. The van der Waals surface area contributed by atoms with Crippen molar-refractivity contribution in [3.05, 3.63) is 22.8 Å². The molecule has 0 saturated heterocycles. The van der Waals surface area contributed by atoms with E-state index in [1.54, 1.807) is 0 Å². The minimum atomic E-state index is -0.940. The highest BCUT2D eigenvalue weighted by molar-refractivity contribution is 5.88. The molecular weight excluding hydrogens is 580 g/mol. The predicted molar refractivity (Wildman–Crippen MR) is 183 cm³/mol. The van der Waals surface area contributed by atoms with E-state index >= 15 is 0 Å². The van der Waals surface area contributed by atoms with Crippen molar-refractivity contribution in [2.45, 2.75) is 118 Å². The molecule has 4 fully saturated rings. The molecule has 10 atom stereocenters. The van der Waals surface area contributed by atoms with Crippen LogP contribution in [0.4, 0.5) is 0 Å². The lowest BCUT2D eigenvalue weighted by Crippen LogP contribution is -2.66. The summed E-state index contributed by atoms with van der Waals surface area (Å²) in [5, 5.41) is 26.6. The van der Waals surface area contributed by atoms with Crippen LogP contribution in [0.15, 0.2) is 22.8 Å². The molecule has 4 rings (SSSR count). The maximum Gasteiger partial charge on any atom is 0.331 e. The van der Waals surface area contributed by atoms with E-state index in [0.29, 0.717) is 62.2 Å². The normalized spacial score (nSPS) is 39.7. The number of aliphatic hydroxyl groups excluding tert-OH is 1. The number of rotatable bonds is 13.